The molecule has 2 aromatic rings. The van der Waals surface area contributed by atoms with Gasteiger partial charge in [0.2, 0.25) is 0 Å². The van der Waals surface area contributed by atoms with E-state index in [2.05, 4.69) is 9.84 Å². The van der Waals surface area contributed by atoms with E-state index in [1.54, 1.807) is 0 Å². The second-order valence-corrected chi connectivity index (χ2v) is 4.14. The molecule has 3 nitrogen and oxygen atoms in total. The van der Waals surface area contributed by atoms with Crippen LogP contribution in [0.25, 0.3) is 0 Å². The molecule has 0 bridgehead atoms. The van der Waals surface area contributed by atoms with Gasteiger partial charge in [0, 0.05) is 12.0 Å². The van der Waals surface area contributed by atoms with Gasteiger partial charge < -0.3 is 4.74 Å². The third kappa shape index (κ3) is 4.14. The summed E-state index contributed by atoms with van der Waals surface area (Å²) in [6.45, 7) is 0. The number of halogens is 6. The number of H-pyrrole nitrogens is 1. The van der Waals surface area contributed by atoms with Gasteiger partial charge in [-0.15, -0.1) is 13.2 Å². The number of ether oxygens (including phenoxy) is 1. The van der Waals surface area contributed by atoms with Crippen molar-refractivity contribution in [2.75, 3.05) is 0 Å². The Bertz CT molecular complexity index is 599. The Labute approximate surface area is 114 Å². The molecule has 114 valence electrons. The molecule has 1 heterocycles. The number of nitrogens with one attached hydrogen (secondary N) is 1. The Hall–Kier alpha value is -2.19. The predicted molar refractivity (Wildman–Crippen MR) is 59.5 cm³/mol. The average molecular weight is 310 g/mol. The van der Waals surface area contributed by atoms with Crippen LogP contribution in [0.15, 0.2) is 30.5 Å². The lowest BCUT2D eigenvalue weighted by Crippen LogP contribution is -2.17. The summed E-state index contributed by atoms with van der Waals surface area (Å²) >= 11 is 0. The summed E-state index contributed by atoms with van der Waals surface area (Å²) in [5.74, 6) is -0.436. The SMILES string of the molecule is FC(F)(F)Oc1ccc(Cc2cn[nH]c2C(F)(F)F)cc1. The summed E-state index contributed by atoms with van der Waals surface area (Å²) in [5.41, 5.74) is -0.665. The van der Waals surface area contributed by atoms with Crippen molar-refractivity contribution in [3.05, 3.63) is 47.3 Å². The summed E-state index contributed by atoms with van der Waals surface area (Å²) < 4.78 is 77.4. The van der Waals surface area contributed by atoms with Crippen molar-refractivity contribution in [3.8, 4) is 5.75 Å². The normalized spacial score (nSPS) is 12.5. The first-order chi connectivity index (χ1) is 9.65. The molecule has 0 atom stereocenters. The van der Waals surface area contributed by atoms with E-state index in [-0.39, 0.29) is 12.0 Å². The maximum absolute atomic E-state index is 12.6. The lowest BCUT2D eigenvalue weighted by Gasteiger charge is -2.10. The highest BCUT2D eigenvalue weighted by Crippen LogP contribution is 2.31. The molecule has 0 saturated heterocycles. The molecule has 0 radical (unpaired) electrons. The lowest BCUT2D eigenvalue weighted by molar-refractivity contribution is -0.274. The fraction of sp³-hybridized carbons (Fsp3) is 0.250. The van der Waals surface area contributed by atoms with E-state index in [0.717, 1.165) is 18.3 Å². The number of hydrogen-bond donors (Lipinski definition) is 1. The minimum atomic E-state index is -4.81. The quantitative estimate of drug-likeness (QED) is 0.873. The van der Waals surface area contributed by atoms with Crippen LogP contribution in [0.2, 0.25) is 0 Å². The zero-order chi connectivity index (χ0) is 15.7. The Morgan fingerprint density at radius 3 is 2.14 bits per heavy atom. The van der Waals surface area contributed by atoms with Crippen LogP contribution in [0.3, 0.4) is 0 Å². The highest BCUT2D eigenvalue weighted by atomic mass is 19.4. The first-order valence-corrected chi connectivity index (χ1v) is 5.59. The fourth-order valence-corrected chi connectivity index (χ4v) is 1.72. The van der Waals surface area contributed by atoms with Crippen LogP contribution >= 0.6 is 0 Å². The van der Waals surface area contributed by atoms with Gasteiger partial charge in [-0.2, -0.15) is 18.3 Å². The van der Waals surface area contributed by atoms with Crippen molar-refractivity contribution in [3.63, 3.8) is 0 Å². The van der Waals surface area contributed by atoms with E-state index in [1.165, 1.54) is 12.1 Å². The molecule has 2 rings (SSSR count). The Morgan fingerprint density at radius 1 is 1.00 bits per heavy atom. The van der Waals surface area contributed by atoms with Crippen molar-refractivity contribution in [2.24, 2.45) is 0 Å². The van der Waals surface area contributed by atoms with E-state index in [9.17, 15) is 26.3 Å². The molecular formula is C12H8F6N2O. The minimum Gasteiger partial charge on any atom is -0.406 e. The van der Waals surface area contributed by atoms with Crippen molar-refractivity contribution in [2.45, 2.75) is 19.0 Å². The maximum Gasteiger partial charge on any atom is 0.573 e. The third-order valence-electron chi connectivity index (χ3n) is 2.55. The number of nitrogens with zero attached hydrogens (tertiary/aromatic N) is 1. The largest absolute Gasteiger partial charge is 0.573 e. The first kappa shape index (κ1) is 15.2. The summed E-state index contributed by atoms with van der Waals surface area (Å²) in [6.07, 6.45) is -8.46. The Balaban J connectivity index is 2.13. The van der Waals surface area contributed by atoms with Gasteiger partial charge in [-0.1, -0.05) is 12.1 Å². The molecule has 0 unspecified atom stereocenters. The number of aromatic nitrogens is 2. The third-order valence-corrected chi connectivity index (χ3v) is 2.55. The van der Waals surface area contributed by atoms with Gasteiger partial charge in [0.1, 0.15) is 11.4 Å². The van der Waals surface area contributed by atoms with E-state index in [0.29, 0.717) is 5.56 Å². The standard InChI is InChI=1S/C12H8F6N2O/c13-11(14,15)10-8(6-19-20-10)5-7-1-3-9(4-2-7)21-12(16,17)18/h1-4,6H,5H2,(H,19,20). The molecule has 9 heteroatoms. The topological polar surface area (TPSA) is 37.9 Å². The number of rotatable bonds is 3. The van der Waals surface area contributed by atoms with Gasteiger partial charge >= 0.3 is 12.5 Å². The second-order valence-electron chi connectivity index (χ2n) is 4.14. The molecule has 0 aliphatic carbocycles. The van der Waals surface area contributed by atoms with Gasteiger partial charge in [0.15, 0.2) is 0 Å². The molecule has 0 fully saturated rings. The van der Waals surface area contributed by atoms with Gasteiger partial charge in [-0.05, 0) is 17.7 Å². The van der Waals surface area contributed by atoms with Crippen molar-refractivity contribution in [1.29, 1.82) is 0 Å². The van der Waals surface area contributed by atoms with E-state index in [4.69, 9.17) is 0 Å². The average Bonchev–Trinajstić information content (AvgIpc) is 2.77. The Morgan fingerprint density at radius 2 is 1.62 bits per heavy atom. The van der Waals surface area contributed by atoms with Crippen LogP contribution in [0.5, 0.6) is 5.75 Å². The van der Waals surface area contributed by atoms with E-state index in [1.807, 2.05) is 5.10 Å². The van der Waals surface area contributed by atoms with E-state index < -0.39 is 24.0 Å². The van der Waals surface area contributed by atoms with Crippen molar-refractivity contribution < 1.29 is 31.1 Å². The summed E-state index contributed by atoms with van der Waals surface area (Å²) in [7, 11) is 0. The monoisotopic (exact) mass is 310 g/mol. The number of benzene rings is 1. The lowest BCUT2D eigenvalue weighted by atomic mass is 10.1. The molecule has 0 spiro atoms. The molecule has 0 amide bonds. The number of aromatic amines is 1. The summed E-state index contributed by atoms with van der Waals surface area (Å²) in [6, 6.07) is 4.59. The van der Waals surface area contributed by atoms with Crippen LogP contribution in [-0.4, -0.2) is 16.6 Å². The zero-order valence-electron chi connectivity index (χ0n) is 10.2. The number of hydrogen-bond acceptors (Lipinski definition) is 2. The van der Waals surface area contributed by atoms with Crippen LogP contribution in [0.1, 0.15) is 16.8 Å². The van der Waals surface area contributed by atoms with Crippen LogP contribution < -0.4 is 4.74 Å². The van der Waals surface area contributed by atoms with Crippen LogP contribution in [0, 0.1) is 0 Å². The van der Waals surface area contributed by atoms with Crippen LogP contribution in [-0.2, 0) is 12.6 Å². The molecule has 0 aliphatic rings. The van der Waals surface area contributed by atoms with Crippen molar-refractivity contribution >= 4 is 0 Å². The predicted octanol–water partition coefficient (Wildman–Crippen LogP) is 3.92. The molecular weight excluding hydrogens is 302 g/mol. The zero-order valence-corrected chi connectivity index (χ0v) is 10.2. The molecule has 1 aromatic carbocycles. The maximum atomic E-state index is 12.6. The van der Waals surface area contributed by atoms with Gasteiger partial charge in [-0.3, -0.25) is 5.10 Å². The van der Waals surface area contributed by atoms with Gasteiger partial charge in [0.25, 0.3) is 0 Å². The molecule has 1 aromatic heterocycles. The molecule has 21 heavy (non-hydrogen) atoms. The second kappa shape index (κ2) is 5.30. The minimum absolute atomic E-state index is 0.0908. The molecule has 1 N–H and O–H groups in total. The van der Waals surface area contributed by atoms with Gasteiger partial charge in [-0.25, -0.2) is 0 Å². The highest BCUT2D eigenvalue weighted by molar-refractivity contribution is 5.32. The van der Waals surface area contributed by atoms with Crippen molar-refractivity contribution in [1.82, 2.24) is 10.2 Å². The summed E-state index contributed by atoms with van der Waals surface area (Å²) in [5, 5.41) is 5.19. The van der Waals surface area contributed by atoms with E-state index >= 15 is 0 Å². The Kier molecular flexibility index (Phi) is 3.84. The molecule has 0 aliphatic heterocycles. The highest BCUT2D eigenvalue weighted by Gasteiger charge is 2.35. The fourth-order valence-electron chi connectivity index (χ4n) is 1.72. The van der Waals surface area contributed by atoms with Crippen LogP contribution in [0.4, 0.5) is 26.3 Å². The number of alkyl halides is 6. The first-order valence-electron chi connectivity index (χ1n) is 5.59. The van der Waals surface area contributed by atoms with Gasteiger partial charge in [0.05, 0.1) is 6.20 Å². The molecule has 0 saturated carbocycles. The smallest absolute Gasteiger partial charge is 0.406 e. The summed E-state index contributed by atoms with van der Waals surface area (Å²) in [4.78, 5) is 0.